The van der Waals surface area contributed by atoms with Crippen LogP contribution in [0.25, 0.3) is 0 Å². The topological polar surface area (TPSA) is 47.5 Å². The number of aromatic nitrogens is 2. The highest BCUT2D eigenvalue weighted by atomic mass is 35.5. The summed E-state index contributed by atoms with van der Waals surface area (Å²) in [6.07, 6.45) is 1.63. The molecule has 2 aliphatic heterocycles. The van der Waals surface area contributed by atoms with Gasteiger partial charge in [-0.25, -0.2) is 5.43 Å². The Hall–Kier alpha value is -1.73. The number of hydrazine groups is 1. The maximum absolute atomic E-state index is 6.46. The first-order chi connectivity index (χ1) is 12.2. The summed E-state index contributed by atoms with van der Waals surface area (Å²) in [6, 6.07) is 10.4. The normalized spacial score (nSPS) is 21.5. The van der Waals surface area contributed by atoms with E-state index < -0.39 is 0 Å². The van der Waals surface area contributed by atoms with Crippen molar-refractivity contribution in [1.82, 2.24) is 25.4 Å². The molecule has 1 unspecified atom stereocenters. The van der Waals surface area contributed by atoms with Gasteiger partial charge in [0.15, 0.2) is 5.82 Å². The second-order valence-corrected chi connectivity index (χ2v) is 7.11. The fraction of sp³-hybridized carbons (Fsp3) is 0.444. The number of halogens is 1. The Labute approximate surface area is 153 Å². The van der Waals surface area contributed by atoms with E-state index in [1.807, 2.05) is 18.2 Å². The van der Waals surface area contributed by atoms with Crippen LogP contribution in [0.3, 0.4) is 0 Å². The molecule has 0 bridgehead atoms. The number of nitrogens with one attached hydrogen (secondary N) is 1. The standard InChI is InChI=1S/C18H23ClN6/c1-23-7-9-24(10-8-23)11-12-25-18-16(15(19)13-20-21-18)17(22-25)14-5-3-2-4-6-14/h2-6,13,17,22H,7-12H2,1H3. The SMILES string of the molecule is CN1CCN(CCN2NC(c3ccccc3)c3c(Cl)cnnc32)CC1. The number of nitrogens with zero attached hydrogens (tertiary/aromatic N) is 5. The van der Waals surface area contributed by atoms with Crippen molar-refractivity contribution >= 4 is 17.4 Å². The third kappa shape index (κ3) is 3.48. The molecule has 0 spiro atoms. The molecule has 2 aromatic rings. The van der Waals surface area contributed by atoms with E-state index in [0.717, 1.165) is 50.6 Å². The van der Waals surface area contributed by atoms with Crippen molar-refractivity contribution in [2.45, 2.75) is 6.04 Å². The van der Waals surface area contributed by atoms with E-state index >= 15 is 0 Å². The van der Waals surface area contributed by atoms with Gasteiger partial charge in [-0.3, -0.25) is 9.91 Å². The average Bonchev–Trinajstić information content (AvgIpc) is 3.02. The Morgan fingerprint density at radius 2 is 1.88 bits per heavy atom. The summed E-state index contributed by atoms with van der Waals surface area (Å²) >= 11 is 6.46. The van der Waals surface area contributed by atoms with Crippen molar-refractivity contribution in [2.24, 2.45) is 0 Å². The second kappa shape index (κ2) is 7.25. The van der Waals surface area contributed by atoms with Gasteiger partial charge in [0.05, 0.1) is 17.3 Å². The molecule has 0 aliphatic carbocycles. The molecule has 1 aromatic carbocycles. The Morgan fingerprint density at radius 3 is 2.64 bits per heavy atom. The lowest BCUT2D eigenvalue weighted by Crippen LogP contribution is -2.48. The van der Waals surface area contributed by atoms with Crippen LogP contribution in [0, 0.1) is 0 Å². The quantitative estimate of drug-likeness (QED) is 0.899. The van der Waals surface area contributed by atoms with Crippen LogP contribution in [0.1, 0.15) is 17.2 Å². The maximum atomic E-state index is 6.46. The summed E-state index contributed by atoms with van der Waals surface area (Å²) in [5.74, 6) is 0.843. The zero-order valence-electron chi connectivity index (χ0n) is 14.4. The summed E-state index contributed by atoms with van der Waals surface area (Å²) in [5.41, 5.74) is 5.77. The zero-order valence-corrected chi connectivity index (χ0v) is 15.2. The molecule has 7 heteroatoms. The maximum Gasteiger partial charge on any atom is 0.172 e. The molecule has 4 rings (SSSR count). The van der Waals surface area contributed by atoms with Crippen LogP contribution in [-0.2, 0) is 0 Å². The van der Waals surface area contributed by atoms with E-state index in [9.17, 15) is 0 Å². The molecule has 1 atom stereocenters. The third-order valence-corrected chi connectivity index (χ3v) is 5.32. The van der Waals surface area contributed by atoms with Gasteiger partial charge in [0.1, 0.15) is 0 Å². The lowest BCUT2D eigenvalue weighted by Gasteiger charge is -2.33. The smallest absolute Gasteiger partial charge is 0.172 e. The van der Waals surface area contributed by atoms with Gasteiger partial charge in [-0.05, 0) is 12.6 Å². The fourth-order valence-electron chi connectivity index (χ4n) is 3.48. The minimum atomic E-state index is 0.0201. The van der Waals surface area contributed by atoms with Crippen LogP contribution in [-0.4, -0.2) is 66.3 Å². The predicted octanol–water partition coefficient (Wildman–Crippen LogP) is 1.79. The minimum absolute atomic E-state index is 0.0201. The third-order valence-electron chi connectivity index (χ3n) is 5.02. The molecule has 132 valence electrons. The molecule has 1 N–H and O–H groups in total. The van der Waals surface area contributed by atoms with Crippen molar-refractivity contribution in [3.63, 3.8) is 0 Å². The molecule has 1 fully saturated rings. The van der Waals surface area contributed by atoms with E-state index in [0.29, 0.717) is 5.02 Å². The number of piperazine rings is 1. The number of anilines is 1. The highest BCUT2D eigenvalue weighted by Crippen LogP contribution is 2.38. The first kappa shape index (κ1) is 16.7. The number of likely N-dealkylation sites (N-methyl/N-ethyl adjacent to an activating group) is 1. The molecule has 0 amide bonds. The van der Waals surface area contributed by atoms with Gasteiger partial charge in [0.2, 0.25) is 0 Å². The average molecular weight is 359 g/mol. The lowest BCUT2D eigenvalue weighted by molar-refractivity contribution is 0.156. The van der Waals surface area contributed by atoms with Gasteiger partial charge in [0, 0.05) is 44.8 Å². The van der Waals surface area contributed by atoms with Gasteiger partial charge in [-0.1, -0.05) is 41.9 Å². The van der Waals surface area contributed by atoms with Gasteiger partial charge in [-0.15, -0.1) is 5.10 Å². The summed E-state index contributed by atoms with van der Waals surface area (Å²) in [7, 11) is 2.18. The number of hydrogen-bond acceptors (Lipinski definition) is 6. The molecular weight excluding hydrogens is 336 g/mol. The number of rotatable bonds is 4. The van der Waals surface area contributed by atoms with Crippen LogP contribution in [0.2, 0.25) is 5.02 Å². The molecule has 0 saturated carbocycles. The largest absolute Gasteiger partial charge is 0.304 e. The van der Waals surface area contributed by atoms with Crippen molar-refractivity contribution in [1.29, 1.82) is 0 Å². The van der Waals surface area contributed by atoms with E-state index in [1.165, 1.54) is 5.56 Å². The highest BCUT2D eigenvalue weighted by Gasteiger charge is 2.33. The van der Waals surface area contributed by atoms with Crippen LogP contribution in [0.15, 0.2) is 36.5 Å². The Kier molecular flexibility index (Phi) is 4.85. The van der Waals surface area contributed by atoms with Crippen LogP contribution >= 0.6 is 11.6 Å². The second-order valence-electron chi connectivity index (χ2n) is 6.70. The first-order valence-corrected chi connectivity index (χ1v) is 9.11. The summed E-state index contributed by atoms with van der Waals surface area (Å²) in [6.45, 7) is 6.33. The van der Waals surface area contributed by atoms with Gasteiger partial charge < -0.3 is 4.90 Å². The minimum Gasteiger partial charge on any atom is -0.304 e. The summed E-state index contributed by atoms with van der Waals surface area (Å²) in [5, 5.41) is 11.2. The highest BCUT2D eigenvalue weighted by molar-refractivity contribution is 6.31. The molecule has 0 radical (unpaired) electrons. The number of hydrogen-bond donors (Lipinski definition) is 1. The van der Waals surface area contributed by atoms with Gasteiger partial charge in [-0.2, -0.15) is 5.10 Å². The summed E-state index contributed by atoms with van der Waals surface area (Å²) < 4.78 is 0. The molecule has 25 heavy (non-hydrogen) atoms. The molecule has 1 aromatic heterocycles. The first-order valence-electron chi connectivity index (χ1n) is 8.73. The van der Waals surface area contributed by atoms with Gasteiger partial charge in [0.25, 0.3) is 0 Å². The monoisotopic (exact) mass is 358 g/mol. The van der Waals surface area contributed by atoms with E-state index in [-0.39, 0.29) is 6.04 Å². The zero-order chi connectivity index (χ0) is 17.2. The molecule has 6 nitrogen and oxygen atoms in total. The number of benzene rings is 1. The van der Waals surface area contributed by atoms with Crippen molar-refractivity contribution in [2.75, 3.05) is 51.3 Å². The van der Waals surface area contributed by atoms with Crippen molar-refractivity contribution in [3.8, 4) is 0 Å². The Bertz CT molecular complexity index is 717. The van der Waals surface area contributed by atoms with E-state index in [4.69, 9.17) is 11.6 Å². The molecule has 2 aliphatic rings. The molecule has 1 saturated heterocycles. The van der Waals surface area contributed by atoms with Crippen molar-refractivity contribution in [3.05, 3.63) is 52.7 Å². The predicted molar refractivity (Wildman–Crippen MR) is 99.7 cm³/mol. The van der Waals surface area contributed by atoms with Crippen LogP contribution in [0.4, 0.5) is 5.82 Å². The fourth-order valence-corrected chi connectivity index (χ4v) is 3.72. The Balaban J connectivity index is 1.52. The van der Waals surface area contributed by atoms with E-state index in [1.54, 1.807) is 6.20 Å². The van der Waals surface area contributed by atoms with Crippen LogP contribution in [0.5, 0.6) is 0 Å². The van der Waals surface area contributed by atoms with Crippen LogP contribution < -0.4 is 10.4 Å². The molecule has 3 heterocycles. The lowest BCUT2D eigenvalue weighted by atomic mass is 10.0. The van der Waals surface area contributed by atoms with Crippen molar-refractivity contribution < 1.29 is 0 Å². The summed E-state index contributed by atoms with van der Waals surface area (Å²) in [4.78, 5) is 4.87. The Morgan fingerprint density at radius 1 is 1.12 bits per heavy atom. The van der Waals surface area contributed by atoms with E-state index in [2.05, 4.69) is 49.6 Å². The van der Waals surface area contributed by atoms with Gasteiger partial charge >= 0.3 is 0 Å². The number of fused-ring (bicyclic) bond motifs is 1. The molecular formula is C18H23ClN6.